The molecule has 2 N–H and O–H groups in total. The Morgan fingerprint density at radius 2 is 2.14 bits per heavy atom. The average Bonchev–Trinajstić information content (AvgIpc) is 2.75. The number of anilines is 1. The third-order valence-corrected chi connectivity index (χ3v) is 4.12. The van der Waals surface area contributed by atoms with E-state index in [1.54, 1.807) is 0 Å². The minimum Gasteiger partial charge on any atom is -0.379 e. The van der Waals surface area contributed by atoms with Crippen LogP contribution in [0, 0.1) is 5.82 Å². The molecule has 3 rings (SSSR count). The molecule has 2 aromatic rings. The highest BCUT2D eigenvalue weighted by atomic mass is 35.5. The number of hydrogen-bond donors (Lipinski definition) is 1. The van der Waals surface area contributed by atoms with Crippen LogP contribution in [0.25, 0.3) is 11.0 Å². The van der Waals surface area contributed by atoms with Crippen LogP contribution >= 0.6 is 11.6 Å². The number of nitrogens with zero attached hydrogens (tertiary/aromatic N) is 3. The van der Waals surface area contributed by atoms with Gasteiger partial charge in [-0.15, -0.1) is 0 Å². The SMILES string of the molecule is CC(CN1CCOCC1)n1c(N)nc2cc(Cl)c(F)cc21. The van der Waals surface area contributed by atoms with Crippen LogP contribution in [0.2, 0.25) is 5.02 Å². The quantitative estimate of drug-likeness (QED) is 0.945. The summed E-state index contributed by atoms with van der Waals surface area (Å²) in [5.41, 5.74) is 7.30. The zero-order valence-electron chi connectivity index (χ0n) is 11.9. The van der Waals surface area contributed by atoms with Crippen LogP contribution in [0.4, 0.5) is 10.3 Å². The number of hydrogen-bond acceptors (Lipinski definition) is 4. The number of imidazole rings is 1. The van der Waals surface area contributed by atoms with Gasteiger partial charge in [-0.3, -0.25) is 4.90 Å². The monoisotopic (exact) mass is 312 g/mol. The van der Waals surface area contributed by atoms with Gasteiger partial charge in [-0.1, -0.05) is 11.6 Å². The van der Waals surface area contributed by atoms with Gasteiger partial charge in [-0.2, -0.15) is 0 Å². The molecule has 1 aromatic heterocycles. The highest BCUT2D eigenvalue weighted by Gasteiger charge is 2.19. The van der Waals surface area contributed by atoms with Crippen molar-refractivity contribution < 1.29 is 9.13 Å². The molecule has 0 bridgehead atoms. The Hall–Kier alpha value is -1.37. The molecule has 1 aliphatic rings. The maximum absolute atomic E-state index is 13.7. The van der Waals surface area contributed by atoms with E-state index in [0.29, 0.717) is 17.0 Å². The number of benzene rings is 1. The van der Waals surface area contributed by atoms with Crippen molar-refractivity contribution in [2.45, 2.75) is 13.0 Å². The first-order valence-electron chi connectivity index (χ1n) is 6.99. The van der Waals surface area contributed by atoms with E-state index in [0.717, 1.165) is 32.8 Å². The zero-order valence-corrected chi connectivity index (χ0v) is 12.6. The van der Waals surface area contributed by atoms with E-state index in [1.165, 1.54) is 12.1 Å². The van der Waals surface area contributed by atoms with Gasteiger partial charge in [0.2, 0.25) is 5.95 Å². The fourth-order valence-corrected chi connectivity index (χ4v) is 2.97. The second-order valence-corrected chi connectivity index (χ2v) is 5.76. The number of rotatable bonds is 3. The first-order chi connectivity index (χ1) is 10.1. The number of nitrogens with two attached hydrogens (primary N) is 1. The minimum atomic E-state index is -0.455. The molecule has 1 atom stereocenters. The summed E-state index contributed by atoms with van der Waals surface area (Å²) in [6.07, 6.45) is 0. The predicted octanol–water partition coefficient (Wildman–Crippen LogP) is 2.30. The van der Waals surface area contributed by atoms with Crippen molar-refractivity contribution in [3.8, 4) is 0 Å². The Labute approximate surface area is 127 Å². The summed E-state index contributed by atoms with van der Waals surface area (Å²) in [5.74, 6) is -0.0729. The standard InChI is InChI=1S/C14H18ClFN4O/c1-9(8-19-2-4-21-5-3-19)20-13-7-11(16)10(15)6-12(13)18-14(20)17/h6-7,9H,2-5,8H2,1H3,(H2,17,18). The van der Waals surface area contributed by atoms with Crippen molar-refractivity contribution in [2.75, 3.05) is 38.6 Å². The minimum absolute atomic E-state index is 0.0629. The second-order valence-electron chi connectivity index (χ2n) is 5.36. The van der Waals surface area contributed by atoms with E-state index in [2.05, 4.69) is 16.8 Å². The van der Waals surface area contributed by atoms with Crippen LogP contribution in [0.1, 0.15) is 13.0 Å². The molecule has 1 fully saturated rings. The number of ether oxygens (including phenoxy) is 1. The molecule has 1 unspecified atom stereocenters. The fourth-order valence-electron chi connectivity index (χ4n) is 2.81. The molecule has 114 valence electrons. The van der Waals surface area contributed by atoms with Crippen LogP contribution in [-0.4, -0.2) is 47.3 Å². The molecule has 1 saturated heterocycles. The molecular formula is C14H18ClFN4O. The second kappa shape index (κ2) is 5.79. The van der Waals surface area contributed by atoms with Gasteiger partial charge in [0.1, 0.15) is 5.82 Å². The number of aromatic nitrogens is 2. The summed E-state index contributed by atoms with van der Waals surface area (Å²) >= 11 is 5.80. The highest BCUT2D eigenvalue weighted by molar-refractivity contribution is 6.31. The van der Waals surface area contributed by atoms with E-state index < -0.39 is 5.82 Å². The highest BCUT2D eigenvalue weighted by Crippen LogP contribution is 2.27. The molecule has 5 nitrogen and oxygen atoms in total. The maximum Gasteiger partial charge on any atom is 0.201 e. The Balaban J connectivity index is 1.91. The van der Waals surface area contributed by atoms with Crippen LogP contribution in [-0.2, 0) is 4.74 Å². The fraction of sp³-hybridized carbons (Fsp3) is 0.500. The van der Waals surface area contributed by atoms with E-state index in [-0.39, 0.29) is 11.1 Å². The van der Waals surface area contributed by atoms with Crippen molar-refractivity contribution in [3.63, 3.8) is 0 Å². The zero-order chi connectivity index (χ0) is 15.0. The smallest absolute Gasteiger partial charge is 0.201 e. The Bertz CT molecular complexity index is 654. The molecule has 0 spiro atoms. The summed E-state index contributed by atoms with van der Waals surface area (Å²) < 4.78 is 20.9. The van der Waals surface area contributed by atoms with Gasteiger partial charge < -0.3 is 15.0 Å². The molecular weight excluding hydrogens is 295 g/mol. The number of nitrogen functional groups attached to an aromatic ring is 1. The third kappa shape index (κ3) is 2.84. The molecule has 0 aliphatic carbocycles. The van der Waals surface area contributed by atoms with Gasteiger partial charge in [0, 0.05) is 31.7 Å². The van der Waals surface area contributed by atoms with Crippen molar-refractivity contribution in [3.05, 3.63) is 23.0 Å². The number of morpholine rings is 1. The summed E-state index contributed by atoms with van der Waals surface area (Å²) in [5, 5.41) is 0.0629. The van der Waals surface area contributed by atoms with E-state index in [9.17, 15) is 4.39 Å². The lowest BCUT2D eigenvalue weighted by Gasteiger charge is -2.30. The number of fused-ring (bicyclic) bond motifs is 1. The molecule has 1 aliphatic heterocycles. The molecule has 2 heterocycles. The largest absolute Gasteiger partial charge is 0.379 e. The molecule has 0 saturated carbocycles. The lowest BCUT2D eigenvalue weighted by molar-refractivity contribution is 0.0329. The molecule has 7 heteroatoms. The molecule has 0 radical (unpaired) electrons. The molecule has 21 heavy (non-hydrogen) atoms. The Kier molecular flexibility index (Phi) is 4.01. The van der Waals surface area contributed by atoms with Gasteiger partial charge in [-0.05, 0) is 13.0 Å². The Morgan fingerprint density at radius 3 is 2.86 bits per heavy atom. The van der Waals surface area contributed by atoms with Crippen molar-refractivity contribution in [1.82, 2.24) is 14.5 Å². The Morgan fingerprint density at radius 1 is 1.43 bits per heavy atom. The summed E-state index contributed by atoms with van der Waals surface area (Å²) in [6.45, 7) is 6.17. The van der Waals surface area contributed by atoms with Gasteiger partial charge >= 0.3 is 0 Å². The van der Waals surface area contributed by atoms with Gasteiger partial charge in [0.25, 0.3) is 0 Å². The van der Waals surface area contributed by atoms with Gasteiger partial charge in [-0.25, -0.2) is 9.37 Å². The predicted molar refractivity (Wildman–Crippen MR) is 81.1 cm³/mol. The summed E-state index contributed by atoms with van der Waals surface area (Å²) in [6, 6.07) is 3.01. The summed E-state index contributed by atoms with van der Waals surface area (Å²) in [4.78, 5) is 6.59. The van der Waals surface area contributed by atoms with E-state index >= 15 is 0 Å². The van der Waals surface area contributed by atoms with Gasteiger partial charge in [0.05, 0.1) is 29.3 Å². The van der Waals surface area contributed by atoms with E-state index in [1.807, 2.05) is 4.57 Å². The first kappa shape index (κ1) is 14.6. The van der Waals surface area contributed by atoms with Crippen molar-refractivity contribution in [2.24, 2.45) is 0 Å². The van der Waals surface area contributed by atoms with Crippen LogP contribution < -0.4 is 5.73 Å². The van der Waals surface area contributed by atoms with Crippen molar-refractivity contribution >= 4 is 28.6 Å². The first-order valence-corrected chi connectivity index (χ1v) is 7.36. The van der Waals surface area contributed by atoms with Gasteiger partial charge in [0.15, 0.2) is 0 Å². The number of halogens is 2. The average molecular weight is 313 g/mol. The van der Waals surface area contributed by atoms with Crippen LogP contribution in [0.15, 0.2) is 12.1 Å². The summed E-state index contributed by atoms with van der Waals surface area (Å²) in [7, 11) is 0. The van der Waals surface area contributed by atoms with Crippen LogP contribution in [0.5, 0.6) is 0 Å². The maximum atomic E-state index is 13.7. The van der Waals surface area contributed by atoms with Crippen molar-refractivity contribution in [1.29, 1.82) is 0 Å². The lowest BCUT2D eigenvalue weighted by Crippen LogP contribution is -2.39. The third-order valence-electron chi connectivity index (χ3n) is 3.83. The van der Waals surface area contributed by atoms with E-state index in [4.69, 9.17) is 22.1 Å². The topological polar surface area (TPSA) is 56.3 Å². The normalized spacial score (nSPS) is 18.2. The molecule has 1 aromatic carbocycles. The van der Waals surface area contributed by atoms with Crippen LogP contribution in [0.3, 0.4) is 0 Å². The molecule has 0 amide bonds. The lowest BCUT2D eigenvalue weighted by atomic mass is 10.2.